The van der Waals surface area contributed by atoms with Crippen molar-refractivity contribution in [2.45, 2.75) is 13.0 Å². The Balaban J connectivity index is 2.31. The molecule has 20 heavy (non-hydrogen) atoms. The van der Waals surface area contributed by atoms with E-state index in [1.807, 2.05) is 36.2 Å². The number of benzene rings is 1. The van der Waals surface area contributed by atoms with Gasteiger partial charge in [0.15, 0.2) is 0 Å². The van der Waals surface area contributed by atoms with Crippen molar-refractivity contribution in [2.24, 2.45) is 0 Å². The first-order chi connectivity index (χ1) is 9.65. The summed E-state index contributed by atoms with van der Waals surface area (Å²) in [6, 6.07) is 7.86. The van der Waals surface area contributed by atoms with Crippen molar-refractivity contribution in [3.63, 3.8) is 0 Å². The third-order valence-corrected chi connectivity index (χ3v) is 2.85. The Labute approximate surface area is 120 Å². The van der Waals surface area contributed by atoms with E-state index < -0.39 is 0 Å². The quantitative estimate of drug-likeness (QED) is 0.692. The van der Waals surface area contributed by atoms with Crippen LogP contribution in [0.3, 0.4) is 0 Å². The standard InChI is InChI=1S/C15H24N2O3/c1-17(12-15(18)16-8-5-9-19-2)11-13-6-4-7-14(10-13)20-3/h4,6-7,10H,5,8-9,11-12H2,1-3H3,(H,16,18). The van der Waals surface area contributed by atoms with Gasteiger partial charge in [-0.25, -0.2) is 0 Å². The molecule has 0 aliphatic carbocycles. The van der Waals surface area contributed by atoms with Crippen molar-refractivity contribution in [3.8, 4) is 5.75 Å². The van der Waals surface area contributed by atoms with Crippen LogP contribution in [0.4, 0.5) is 0 Å². The summed E-state index contributed by atoms with van der Waals surface area (Å²) in [5.41, 5.74) is 1.12. The topological polar surface area (TPSA) is 50.8 Å². The van der Waals surface area contributed by atoms with E-state index in [0.717, 1.165) is 17.7 Å². The summed E-state index contributed by atoms with van der Waals surface area (Å²) < 4.78 is 10.1. The number of methoxy groups -OCH3 is 2. The summed E-state index contributed by atoms with van der Waals surface area (Å²) in [5, 5.41) is 2.87. The molecule has 0 heterocycles. The van der Waals surface area contributed by atoms with Crippen LogP contribution in [0.5, 0.6) is 5.75 Å². The molecule has 1 aromatic rings. The maximum atomic E-state index is 11.7. The van der Waals surface area contributed by atoms with E-state index in [2.05, 4.69) is 5.32 Å². The van der Waals surface area contributed by atoms with Crippen LogP contribution in [0.15, 0.2) is 24.3 Å². The maximum Gasteiger partial charge on any atom is 0.234 e. The molecule has 1 amide bonds. The summed E-state index contributed by atoms with van der Waals surface area (Å²) in [6.45, 7) is 2.41. The van der Waals surface area contributed by atoms with Crippen LogP contribution in [-0.2, 0) is 16.1 Å². The van der Waals surface area contributed by atoms with Crippen LogP contribution >= 0.6 is 0 Å². The Kier molecular flexibility index (Phi) is 7.69. The zero-order valence-electron chi connectivity index (χ0n) is 12.5. The minimum Gasteiger partial charge on any atom is -0.497 e. The maximum absolute atomic E-state index is 11.7. The van der Waals surface area contributed by atoms with E-state index in [0.29, 0.717) is 26.2 Å². The monoisotopic (exact) mass is 280 g/mol. The van der Waals surface area contributed by atoms with Crippen molar-refractivity contribution < 1.29 is 14.3 Å². The third kappa shape index (κ3) is 6.54. The van der Waals surface area contributed by atoms with Gasteiger partial charge in [0.1, 0.15) is 5.75 Å². The highest BCUT2D eigenvalue weighted by Gasteiger charge is 2.07. The molecule has 0 aliphatic rings. The van der Waals surface area contributed by atoms with E-state index in [-0.39, 0.29) is 5.91 Å². The van der Waals surface area contributed by atoms with Crippen LogP contribution in [0.1, 0.15) is 12.0 Å². The number of likely N-dealkylation sites (N-methyl/N-ethyl adjacent to an activating group) is 1. The lowest BCUT2D eigenvalue weighted by atomic mass is 10.2. The first kappa shape index (κ1) is 16.5. The number of nitrogens with zero attached hydrogens (tertiary/aromatic N) is 1. The van der Waals surface area contributed by atoms with Crippen LogP contribution in [-0.4, -0.2) is 51.8 Å². The summed E-state index contributed by atoms with van der Waals surface area (Å²) in [7, 11) is 5.23. The van der Waals surface area contributed by atoms with Gasteiger partial charge < -0.3 is 14.8 Å². The van der Waals surface area contributed by atoms with E-state index in [1.165, 1.54) is 0 Å². The average molecular weight is 280 g/mol. The second kappa shape index (κ2) is 9.34. The molecule has 0 fully saturated rings. The van der Waals surface area contributed by atoms with Crippen molar-refractivity contribution in [1.82, 2.24) is 10.2 Å². The number of nitrogens with one attached hydrogen (secondary N) is 1. The zero-order chi connectivity index (χ0) is 14.8. The lowest BCUT2D eigenvalue weighted by Gasteiger charge is -2.16. The smallest absolute Gasteiger partial charge is 0.234 e. The lowest BCUT2D eigenvalue weighted by Crippen LogP contribution is -2.35. The van der Waals surface area contributed by atoms with Crippen molar-refractivity contribution >= 4 is 5.91 Å². The number of carbonyl (C=O) groups is 1. The lowest BCUT2D eigenvalue weighted by molar-refractivity contribution is -0.122. The third-order valence-electron chi connectivity index (χ3n) is 2.85. The van der Waals surface area contributed by atoms with E-state index in [4.69, 9.17) is 9.47 Å². The minimum absolute atomic E-state index is 0.0338. The molecule has 0 unspecified atom stereocenters. The molecular weight excluding hydrogens is 256 g/mol. The molecule has 112 valence electrons. The second-order valence-corrected chi connectivity index (χ2v) is 4.72. The number of rotatable bonds is 9. The fourth-order valence-electron chi connectivity index (χ4n) is 1.88. The first-order valence-electron chi connectivity index (χ1n) is 6.73. The van der Waals surface area contributed by atoms with Gasteiger partial charge in [-0.15, -0.1) is 0 Å². The Morgan fingerprint density at radius 3 is 2.85 bits per heavy atom. The van der Waals surface area contributed by atoms with Crippen molar-refractivity contribution in [3.05, 3.63) is 29.8 Å². The van der Waals surface area contributed by atoms with Crippen LogP contribution < -0.4 is 10.1 Å². The number of ether oxygens (including phenoxy) is 2. The molecule has 1 N–H and O–H groups in total. The molecule has 0 saturated heterocycles. The fourth-order valence-corrected chi connectivity index (χ4v) is 1.88. The van der Waals surface area contributed by atoms with Gasteiger partial charge >= 0.3 is 0 Å². The number of hydrogen-bond donors (Lipinski definition) is 1. The molecule has 0 aliphatic heterocycles. The summed E-state index contributed by atoms with van der Waals surface area (Å²) in [5.74, 6) is 0.867. The van der Waals surface area contributed by atoms with Gasteiger partial charge in [-0.1, -0.05) is 12.1 Å². The molecule has 0 atom stereocenters. The molecule has 0 spiro atoms. The summed E-state index contributed by atoms with van der Waals surface area (Å²) >= 11 is 0. The average Bonchev–Trinajstić information content (AvgIpc) is 2.43. The fraction of sp³-hybridized carbons (Fsp3) is 0.533. The minimum atomic E-state index is 0.0338. The van der Waals surface area contributed by atoms with Gasteiger partial charge in [0, 0.05) is 26.8 Å². The number of amides is 1. The predicted molar refractivity (Wildman–Crippen MR) is 78.8 cm³/mol. The molecule has 1 aromatic carbocycles. The Bertz CT molecular complexity index is 410. The molecule has 0 aromatic heterocycles. The number of carbonyl (C=O) groups excluding carboxylic acids is 1. The van der Waals surface area contributed by atoms with Crippen LogP contribution in [0, 0.1) is 0 Å². The Hall–Kier alpha value is -1.59. The first-order valence-corrected chi connectivity index (χ1v) is 6.73. The SMILES string of the molecule is COCCCNC(=O)CN(C)Cc1cccc(OC)c1. The molecule has 5 heteroatoms. The van der Waals surface area contributed by atoms with Gasteiger partial charge in [-0.3, -0.25) is 9.69 Å². The van der Waals surface area contributed by atoms with Crippen LogP contribution in [0.25, 0.3) is 0 Å². The predicted octanol–water partition coefficient (Wildman–Crippen LogP) is 1.28. The zero-order valence-corrected chi connectivity index (χ0v) is 12.5. The largest absolute Gasteiger partial charge is 0.497 e. The molecule has 0 saturated carbocycles. The van der Waals surface area contributed by atoms with Gasteiger partial charge in [0.25, 0.3) is 0 Å². The highest BCUT2D eigenvalue weighted by atomic mass is 16.5. The van der Waals surface area contributed by atoms with E-state index in [1.54, 1.807) is 14.2 Å². The van der Waals surface area contributed by atoms with Gasteiger partial charge in [-0.05, 0) is 31.2 Å². The number of hydrogen-bond acceptors (Lipinski definition) is 4. The van der Waals surface area contributed by atoms with Crippen molar-refractivity contribution in [1.29, 1.82) is 0 Å². The molecule has 1 rings (SSSR count). The van der Waals surface area contributed by atoms with Gasteiger partial charge in [-0.2, -0.15) is 0 Å². The normalized spacial score (nSPS) is 10.6. The molecule has 0 bridgehead atoms. The molecule has 0 radical (unpaired) electrons. The van der Waals surface area contributed by atoms with Gasteiger partial charge in [0.2, 0.25) is 5.91 Å². The van der Waals surface area contributed by atoms with Crippen LogP contribution in [0.2, 0.25) is 0 Å². The highest BCUT2D eigenvalue weighted by Crippen LogP contribution is 2.13. The van der Waals surface area contributed by atoms with E-state index >= 15 is 0 Å². The Morgan fingerprint density at radius 1 is 1.35 bits per heavy atom. The van der Waals surface area contributed by atoms with E-state index in [9.17, 15) is 4.79 Å². The molecule has 5 nitrogen and oxygen atoms in total. The highest BCUT2D eigenvalue weighted by molar-refractivity contribution is 5.77. The Morgan fingerprint density at radius 2 is 2.15 bits per heavy atom. The van der Waals surface area contributed by atoms with Crippen molar-refractivity contribution in [2.75, 3.05) is 41.0 Å². The second-order valence-electron chi connectivity index (χ2n) is 4.72. The molecular formula is C15H24N2O3. The van der Waals surface area contributed by atoms with Gasteiger partial charge in [0.05, 0.1) is 13.7 Å². The summed E-state index contributed by atoms with van der Waals surface area (Å²) in [4.78, 5) is 13.7. The summed E-state index contributed by atoms with van der Waals surface area (Å²) in [6.07, 6.45) is 0.835.